The number of hydrogen-bond donors (Lipinski definition) is 0. The molecular weight excluding hydrogens is 647 g/mol. The molecule has 0 aliphatic heterocycles. The van der Waals surface area contributed by atoms with Gasteiger partial charge in [0.25, 0.3) is 0 Å². The van der Waals surface area contributed by atoms with Crippen molar-refractivity contribution in [2.24, 2.45) is 0 Å². The summed E-state index contributed by atoms with van der Waals surface area (Å²) >= 11 is 0. The maximum Gasteiger partial charge on any atom is 0.164 e. The number of rotatable bonds is 4. The molecule has 0 atom stereocenters. The fourth-order valence-corrected chi connectivity index (χ4v) is 8.06. The van der Waals surface area contributed by atoms with Crippen molar-refractivity contribution in [3.63, 3.8) is 0 Å². The van der Waals surface area contributed by atoms with E-state index in [1.54, 1.807) is 0 Å². The van der Waals surface area contributed by atoms with Crippen LogP contribution in [0.4, 0.5) is 0 Å². The molecule has 11 aromatic rings. The van der Waals surface area contributed by atoms with E-state index in [0.29, 0.717) is 17.5 Å². The Balaban J connectivity index is 1.24. The first-order valence-electron chi connectivity index (χ1n) is 17.9. The minimum absolute atomic E-state index is 0.593. The molecule has 246 valence electrons. The first-order valence-corrected chi connectivity index (χ1v) is 17.9. The SMILES string of the molecule is c1ccc(-c2nc(-c3cc4ccc5ccccc5c4c4ccccc34)nc(-c3cc(-c4cccc5ccccc45)cc4oc5ccccc5c34)n2)cc1. The number of hydrogen-bond acceptors (Lipinski definition) is 4. The Bertz CT molecular complexity index is 3230. The third-order valence-electron chi connectivity index (χ3n) is 10.5. The third-order valence-corrected chi connectivity index (χ3v) is 10.5. The van der Waals surface area contributed by atoms with Gasteiger partial charge in [-0.2, -0.15) is 0 Å². The van der Waals surface area contributed by atoms with E-state index in [2.05, 4.69) is 146 Å². The van der Waals surface area contributed by atoms with Crippen molar-refractivity contribution < 1.29 is 4.42 Å². The molecule has 0 spiro atoms. The topological polar surface area (TPSA) is 51.8 Å². The average Bonchev–Trinajstić information content (AvgIpc) is 3.61. The van der Waals surface area contributed by atoms with Crippen LogP contribution in [0.3, 0.4) is 0 Å². The molecule has 0 fully saturated rings. The lowest BCUT2D eigenvalue weighted by atomic mass is 9.93. The zero-order valence-corrected chi connectivity index (χ0v) is 28.5. The maximum absolute atomic E-state index is 6.59. The van der Waals surface area contributed by atoms with Gasteiger partial charge >= 0.3 is 0 Å². The predicted molar refractivity (Wildman–Crippen MR) is 219 cm³/mol. The van der Waals surface area contributed by atoms with Crippen molar-refractivity contribution in [3.05, 3.63) is 176 Å². The van der Waals surface area contributed by atoms with Crippen molar-refractivity contribution in [2.45, 2.75) is 0 Å². The van der Waals surface area contributed by atoms with Crippen molar-refractivity contribution in [2.75, 3.05) is 0 Å². The van der Waals surface area contributed by atoms with Crippen molar-refractivity contribution in [1.82, 2.24) is 15.0 Å². The highest BCUT2D eigenvalue weighted by Gasteiger charge is 2.21. The largest absolute Gasteiger partial charge is 0.456 e. The molecule has 4 heteroatoms. The average molecular weight is 676 g/mol. The number of fused-ring (bicyclic) bond motifs is 9. The van der Waals surface area contributed by atoms with Crippen LogP contribution in [0.15, 0.2) is 180 Å². The Hall–Kier alpha value is -7.17. The summed E-state index contributed by atoms with van der Waals surface area (Å²) < 4.78 is 6.59. The predicted octanol–water partition coefficient (Wildman–Crippen LogP) is 13.1. The lowest BCUT2D eigenvalue weighted by Gasteiger charge is -2.14. The standard InChI is InChI=1S/C49H29N3O/c1-2-15-32(16-3-1)47-50-48(41-27-33-26-25-31-14-5-7-19-37(31)45(33)39-21-9-8-20-38(39)41)52-49(51-47)42-28-34(36-23-12-17-30-13-4-6-18-35(30)36)29-44-46(42)40-22-10-11-24-43(40)53-44/h1-29H. The van der Waals surface area contributed by atoms with E-state index in [4.69, 9.17) is 19.4 Å². The number of para-hydroxylation sites is 1. The first-order chi connectivity index (χ1) is 26.3. The molecule has 0 radical (unpaired) electrons. The zero-order valence-electron chi connectivity index (χ0n) is 28.5. The highest BCUT2D eigenvalue weighted by atomic mass is 16.3. The summed E-state index contributed by atoms with van der Waals surface area (Å²) in [6.45, 7) is 0. The second kappa shape index (κ2) is 11.7. The molecule has 11 rings (SSSR count). The van der Waals surface area contributed by atoms with E-state index in [-0.39, 0.29) is 0 Å². The third kappa shape index (κ3) is 4.73. The molecule has 0 unspecified atom stereocenters. The molecular formula is C49H29N3O. The molecule has 0 aliphatic carbocycles. The second-order valence-electron chi connectivity index (χ2n) is 13.5. The van der Waals surface area contributed by atoms with Gasteiger partial charge in [0.05, 0.1) is 0 Å². The van der Waals surface area contributed by atoms with Gasteiger partial charge in [0, 0.05) is 27.5 Å². The summed E-state index contributed by atoms with van der Waals surface area (Å²) in [5.74, 6) is 1.83. The number of nitrogens with zero attached hydrogens (tertiary/aromatic N) is 3. The molecule has 0 saturated heterocycles. The van der Waals surface area contributed by atoms with Crippen LogP contribution in [-0.2, 0) is 0 Å². The monoisotopic (exact) mass is 675 g/mol. The molecule has 0 aliphatic rings. The Morgan fingerprint density at radius 3 is 1.74 bits per heavy atom. The van der Waals surface area contributed by atoms with Gasteiger partial charge in [0.1, 0.15) is 11.2 Å². The van der Waals surface area contributed by atoms with Crippen LogP contribution in [0.2, 0.25) is 0 Å². The Kier molecular flexibility index (Phi) is 6.52. The van der Waals surface area contributed by atoms with Gasteiger partial charge in [-0.05, 0) is 78.5 Å². The van der Waals surface area contributed by atoms with Gasteiger partial charge < -0.3 is 4.42 Å². The molecule has 4 nitrogen and oxygen atoms in total. The van der Waals surface area contributed by atoms with Crippen LogP contribution in [0.5, 0.6) is 0 Å². The summed E-state index contributed by atoms with van der Waals surface area (Å²) in [6.07, 6.45) is 0. The van der Waals surface area contributed by atoms with E-state index in [1.165, 1.54) is 32.3 Å². The van der Waals surface area contributed by atoms with E-state index in [9.17, 15) is 0 Å². The fourth-order valence-electron chi connectivity index (χ4n) is 8.06. The van der Waals surface area contributed by atoms with Crippen molar-refractivity contribution >= 4 is 65.0 Å². The van der Waals surface area contributed by atoms with Gasteiger partial charge in [-0.1, -0.05) is 152 Å². The summed E-state index contributed by atoms with van der Waals surface area (Å²) in [4.78, 5) is 15.9. The van der Waals surface area contributed by atoms with Gasteiger partial charge in [-0.15, -0.1) is 0 Å². The smallest absolute Gasteiger partial charge is 0.164 e. The van der Waals surface area contributed by atoms with Crippen LogP contribution in [0, 0.1) is 0 Å². The number of furan rings is 1. The lowest BCUT2D eigenvalue weighted by Crippen LogP contribution is -2.01. The molecule has 9 aromatic carbocycles. The molecule has 0 saturated carbocycles. The van der Waals surface area contributed by atoms with E-state index in [0.717, 1.165) is 60.5 Å². The van der Waals surface area contributed by atoms with E-state index < -0.39 is 0 Å². The lowest BCUT2D eigenvalue weighted by molar-refractivity contribution is 0.669. The number of benzene rings is 9. The van der Waals surface area contributed by atoms with Gasteiger partial charge in [-0.3, -0.25) is 0 Å². The van der Waals surface area contributed by atoms with Gasteiger partial charge in [0.2, 0.25) is 0 Å². The molecule has 0 bridgehead atoms. The summed E-state index contributed by atoms with van der Waals surface area (Å²) in [5, 5.41) is 11.4. The Labute approximate surface area is 304 Å². The van der Waals surface area contributed by atoms with Crippen LogP contribution >= 0.6 is 0 Å². The van der Waals surface area contributed by atoms with Crippen molar-refractivity contribution in [3.8, 4) is 45.3 Å². The van der Waals surface area contributed by atoms with Crippen LogP contribution in [0.1, 0.15) is 0 Å². The van der Waals surface area contributed by atoms with E-state index in [1.807, 2.05) is 30.3 Å². The van der Waals surface area contributed by atoms with Crippen molar-refractivity contribution in [1.29, 1.82) is 0 Å². The highest BCUT2D eigenvalue weighted by molar-refractivity contribution is 6.23. The molecule has 2 heterocycles. The number of aromatic nitrogens is 3. The Morgan fingerprint density at radius 2 is 0.906 bits per heavy atom. The summed E-state index contributed by atoms with van der Waals surface area (Å²) in [6, 6.07) is 61.6. The van der Waals surface area contributed by atoms with E-state index >= 15 is 0 Å². The molecule has 2 aromatic heterocycles. The van der Waals surface area contributed by atoms with Crippen LogP contribution < -0.4 is 0 Å². The quantitative estimate of drug-likeness (QED) is 0.174. The Morgan fingerprint density at radius 1 is 0.302 bits per heavy atom. The minimum Gasteiger partial charge on any atom is -0.456 e. The minimum atomic E-state index is 0.593. The normalized spacial score (nSPS) is 11.8. The van der Waals surface area contributed by atoms with Gasteiger partial charge in [0.15, 0.2) is 17.5 Å². The summed E-state index contributed by atoms with van der Waals surface area (Å²) in [7, 11) is 0. The first kappa shape index (κ1) is 29.5. The summed E-state index contributed by atoms with van der Waals surface area (Å²) in [5.41, 5.74) is 6.55. The van der Waals surface area contributed by atoms with Crippen LogP contribution in [0.25, 0.3) is 110 Å². The highest BCUT2D eigenvalue weighted by Crippen LogP contribution is 2.42. The maximum atomic E-state index is 6.59. The van der Waals surface area contributed by atoms with Crippen LogP contribution in [-0.4, -0.2) is 15.0 Å². The second-order valence-corrected chi connectivity index (χ2v) is 13.5. The molecule has 0 N–H and O–H groups in total. The fraction of sp³-hybridized carbons (Fsp3) is 0. The van der Waals surface area contributed by atoms with Gasteiger partial charge in [-0.25, -0.2) is 15.0 Å². The molecule has 53 heavy (non-hydrogen) atoms. The molecule has 0 amide bonds. The zero-order chi connectivity index (χ0) is 34.9.